The van der Waals surface area contributed by atoms with Gasteiger partial charge in [0.2, 0.25) is 0 Å². The third-order valence-electron chi connectivity index (χ3n) is 5.95. The van der Waals surface area contributed by atoms with E-state index in [4.69, 9.17) is 9.47 Å². The summed E-state index contributed by atoms with van der Waals surface area (Å²) < 4.78 is 10.2. The molecule has 4 aliphatic carbocycles. The summed E-state index contributed by atoms with van der Waals surface area (Å²) in [4.78, 5) is 24.8. The van der Waals surface area contributed by atoms with Gasteiger partial charge in [-0.05, 0) is 69.6 Å². The molecule has 4 fully saturated rings. The molecule has 0 saturated heterocycles. The van der Waals surface area contributed by atoms with Crippen LogP contribution in [0.4, 0.5) is 0 Å². The van der Waals surface area contributed by atoms with Crippen LogP contribution in [-0.4, -0.2) is 35.9 Å². The molecule has 22 heavy (non-hydrogen) atoms. The predicted octanol–water partition coefficient (Wildman–Crippen LogP) is 1.92. The van der Waals surface area contributed by atoms with E-state index in [0.29, 0.717) is 11.8 Å². The van der Waals surface area contributed by atoms with Crippen LogP contribution >= 0.6 is 0 Å². The molecule has 0 aliphatic heterocycles. The average molecular weight is 310 g/mol. The Kier molecular flexibility index (Phi) is 4.19. The second-order valence-corrected chi connectivity index (χ2v) is 7.13. The van der Waals surface area contributed by atoms with Crippen LogP contribution in [0.5, 0.6) is 0 Å². The molecule has 4 rings (SSSR count). The predicted molar refractivity (Wildman–Crippen MR) is 78.8 cm³/mol. The third-order valence-corrected chi connectivity index (χ3v) is 5.95. The molecule has 0 heterocycles. The first-order valence-corrected chi connectivity index (χ1v) is 8.56. The fourth-order valence-electron chi connectivity index (χ4n) is 5.34. The van der Waals surface area contributed by atoms with E-state index in [1.807, 2.05) is 0 Å². The summed E-state index contributed by atoms with van der Waals surface area (Å²) in [7, 11) is 0. The van der Waals surface area contributed by atoms with Gasteiger partial charge in [-0.3, -0.25) is 9.59 Å². The first-order valence-electron chi connectivity index (χ1n) is 8.56. The molecular formula is C17H26O5. The Morgan fingerprint density at radius 3 is 1.73 bits per heavy atom. The Hall–Kier alpha value is -1.10. The molecule has 4 saturated carbocycles. The number of esters is 2. The van der Waals surface area contributed by atoms with E-state index in [2.05, 4.69) is 0 Å². The highest BCUT2D eigenvalue weighted by Gasteiger charge is 2.64. The first-order chi connectivity index (χ1) is 10.5. The molecule has 5 heteroatoms. The number of rotatable bonds is 5. The number of hydrogen-bond donors (Lipinski definition) is 1. The van der Waals surface area contributed by atoms with Crippen LogP contribution < -0.4 is 0 Å². The minimum Gasteiger partial charge on any atom is -0.465 e. The van der Waals surface area contributed by atoms with Gasteiger partial charge in [-0.25, -0.2) is 0 Å². The van der Waals surface area contributed by atoms with Crippen molar-refractivity contribution < 1.29 is 24.2 Å². The van der Waals surface area contributed by atoms with Crippen molar-refractivity contribution in [1.82, 2.24) is 0 Å². The van der Waals surface area contributed by atoms with Gasteiger partial charge in [0.15, 0.2) is 5.92 Å². The second-order valence-electron chi connectivity index (χ2n) is 7.13. The van der Waals surface area contributed by atoms with E-state index in [1.54, 1.807) is 13.8 Å². The molecular weight excluding hydrogens is 284 g/mol. The van der Waals surface area contributed by atoms with Gasteiger partial charge in [-0.15, -0.1) is 0 Å². The van der Waals surface area contributed by atoms with Crippen LogP contribution in [0.1, 0.15) is 46.0 Å². The van der Waals surface area contributed by atoms with Crippen molar-refractivity contribution in [2.75, 3.05) is 13.2 Å². The van der Waals surface area contributed by atoms with Crippen LogP contribution in [0.15, 0.2) is 0 Å². The molecule has 0 spiro atoms. The maximum atomic E-state index is 12.4. The van der Waals surface area contributed by atoms with Crippen LogP contribution in [-0.2, 0) is 19.1 Å². The van der Waals surface area contributed by atoms with Crippen molar-refractivity contribution in [3.8, 4) is 0 Å². The quantitative estimate of drug-likeness (QED) is 0.620. The van der Waals surface area contributed by atoms with Gasteiger partial charge in [-0.1, -0.05) is 0 Å². The zero-order valence-corrected chi connectivity index (χ0v) is 13.4. The van der Waals surface area contributed by atoms with Gasteiger partial charge in [-0.2, -0.15) is 0 Å². The summed E-state index contributed by atoms with van der Waals surface area (Å²) in [5.74, 6) is -1.12. The lowest BCUT2D eigenvalue weighted by atomic mass is 9.47. The van der Waals surface area contributed by atoms with Gasteiger partial charge < -0.3 is 14.6 Å². The van der Waals surface area contributed by atoms with Crippen LogP contribution in [0.25, 0.3) is 0 Å². The van der Waals surface area contributed by atoms with Crippen LogP contribution in [0.3, 0.4) is 0 Å². The van der Waals surface area contributed by atoms with Crippen LogP contribution in [0.2, 0.25) is 0 Å². The van der Waals surface area contributed by atoms with Gasteiger partial charge in [0.25, 0.3) is 0 Å². The largest absolute Gasteiger partial charge is 0.465 e. The van der Waals surface area contributed by atoms with E-state index >= 15 is 0 Å². The Morgan fingerprint density at radius 1 is 0.955 bits per heavy atom. The molecule has 5 nitrogen and oxygen atoms in total. The number of aliphatic hydroxyl groups is 1. The zero-order valence-electron chi connectivity index (χ0n) is 13.4. The Morgan fingerprint density at radius 2 is 1.36 bits per heavy atom. The van der Waals surface area contributed by atoms with Gasteiger partial charge >= 0.3 is 11.9 Å². The van der Waals surface area contributed by atoms with Crippen molar-refractivity contribution in [2.24, 2.45) is 29.6 Å². The molecule has 124 valence electrons. The summed E-state index contributed by atoms with van der Waals surface area (Å²) in [6.45, 7) is 3.82. The molecule has 1 N–H and O–H groups in total. The molecule has 0 amide bonds. The first kappa shape index (κ1) is 15.8. The smallest absolute Gasteiger partial charge is 0.323 e. The van der Waals surface area contributed by atoms with Gasteiger partial charge in [0.1, 0.15) is 0 Å². The molecule has 0 aromatic carbocycles. The fourth-order valence-corrected chi connectivity index (χ4v) is 5.34. The Labute approximate surface area is 131 Å². The molecule has 0 aromatic rings. The van der Waals surface area contributed by atoms with E-state index in [0.717, 1.165) is 25.7 Å². The van der Waals surface area contributed by atoms with E-state index in [9.17, 15) is 14.7 Å². The fraction of sp³-hybridized carbons (Fsp3) is 0.882. The molecule has 0 aromatic heterocycles. The molecule has 0 unspecified atom stereocenters. The standard InChI is InChI=1S/C17H26O5/c1-3-21-15(18)14(16(19)22-4-2)17(20)12-6-10-5-11(8-12)9-13(17)7-10/h10-14,20H,3-9H2,1-2H3. The van der Waals surface area contributed by atoms with Crippen molar-refractivity contribution in [3.05, 3.63) is 0 Å². The van der Waals surface area contributed by atoms with Crippen molar-refractivity contribution >= 4 is 11.9 Å². The van der Waals surface area contributed by atoms with Crippen LogP contribution in [0, 0.1) is 29.6 Å². The molecule has 4 bridgehead atoms. The van der Waals surface area contributed by atoms with Crippen molar-refractivity contribution in [1.29, 1.82) is 0 Å². The average Bonchev–Trinajstić information content (AvgIpc) is 2.45. The highest BCUT2D eigenvalue weighted by Crippen LogP contribution is 2.60. The summed E-state index contributed by atoms with van der Waals surface area (Å²) >= 11 is 0. The SMILES string of the molecule is CCOC(=O)C(C(=O)OCC)C1(O)C2CC3CC(C2)CC1C3. The lowest BCUT2D eigenvalue weighted by Crippen LogP contribution is -2.64. The number of ether oxygens (including phenoxy) is 2. The van der Waals surface area contributed by atoms with Crippen molar-refractivity contribution in [2.45, 2.75) is 51.6 Å². The highest BCUT2D eigenvalue weighted by atomic mass is 16.6. The van der Waals surface area contributed by atoms with Crippen molar-refractivity contribution in [3.63, 3.8) is 0 Å². The minimum absolute atomic E-state index is 0.0163. The lowest BCUT2D eigenvalue weighted by molar-refractivity contribution is -0.219. The summed E-state index contributed by atoms with van der Waals surface area (Å²) in [6, 6.07) is 0. The number of carbonyl (C=O) groups is 2. The lowest BCUT2D eigenvalue weighted by Gasteiger charge is -2.60. The zero-order chi connectivity index (χ0) is 15.9. The van der Waals surface area contributed by atoms with Gasteiger partial charge in [0, 0.05) is 0 Å². The minimum atomic E-state index is -1.29. The van der Waals surface area contributed by atoms with E-state index in [1.165, 1.54) is 6.42 Å². The highest BCUT2D eigenvalue weighted by molar-refractivity contribution is 5.96. The van der Waals surface area contributed by atoms with Gasteiger partial charge in [0.05, 0.1) is 18.8 Å². The normalized spacial score (nSPS) is 39.1. The maximum Gasteiger partial charge on any atom is 0.323 e. The third kappa shape index (κ3) is 2.34. The topological polar surface area (TPSA) is 72.8 Å². The molecule has 0 atom stereocenters. The van der Waals surface area contributed by atoms with E-state index in [-0.39, 0.29) is 25.0 Å². The molecule has 0 radical (unpaired) electrons. The monoisotopic (exact) mass is 310 g/mol. The maximum absolute atomic E-state index is 12.4. The number of carbonyl (C=O) groups excluding carboxylic acids is 2. The Balaban J connectivity index is 1.91. The summed E-state index contributed by atoms with van der Waals surface area (Å²) in [6.07, 6.45) is 4.90. The number of hydrogen-bond acceptors (Lipinski definition) is 5. The summed E-state index contributed by atoms with van der Waals surface area (Å²) in [5, 5.41) is 11.4. The second kappa shape index (κ2) is 5.84. The molecule has 4 aliphatic rings. The van der Waals surface area contributed by atoms with E-state index < -0.39 is 23.5 Å². The Bertz CT molecular complexity index is 412. The summed E-state index contributed by atoms with van der Waals surface area (Å²) in [5.41, 5.74) is -1.29.